The van der Waals surface area contributed by atoms with E-state index in [0.717, 1.165) is 6.04 Å². The fourth-order valence-electron chi connectivity index (χ4n) is 1.72. The Kier molecular flexibility index (Phi) is 7.78. The molecule has 0 radical (unpaired) electrons. The van der Waals surface area contributed by atoms with E-state index in [-0.39, 0.29) is 0 Å². The van der Waals surface area contributed by atoms with Crippen molar-refractivity contribution in [1.29, 1.82) is 0 Å². The molecule has 0 amide bonds. The highest BCUT2D eigenvalue weighted by atomic mass is 28.5. The molecule has 0 bridgehead atoms. The quantitative estimate of drug-likeness (QED) is 0.365. The topological polar surface area (TPSA) is 44.8 Å². The van der Waals surface area contributed by atoms with Crippen molar-refractivity contribution in [1.82, 2.24) is 0 Å². The zero-order valence-corrected chi connectivity index (χ0v) is 18.3. The maximum atomic E-state index is 11.5. The Balaban J connectivity index is 4.75. The van der Waals surface area contributed by atoms with Crippen LogP contribution in [0.2, 0.25) is 32.2 Å². The molecular weight excluding hydrogens is 316 g/mol. The molecule has 0 N–H and O–H groups in total. The first-order chi connectivity index (χ1) is 9.33. The highest BCUT2D eigenvalue weighted by molar-refractivity contribution is 6.85. The average Bonchev–Trinajstić information content (AvgIpc) is 2.25. The summed E-state index contributed by atoms with van der Waals surface area (Å²) in [5, 5.41) is -0.620. The minimum absolute atomic E-state index is 0.404. The molecule has 0 aliphatic rings. The van der Waals surface area contributed by atoms with Gasteiger partial charge in [0.25, 0.3) is 0 Å². The Bertz CT molecular complexity index is 365. The van der Waals surface area contributed by atoms with Crippen molar-refractivity contribution in [2.75, 3.05) is 0 Å². The van der Waals surface area contributed by atoms with Gasteiger partial charge in [0, 0.05) is 6.08 Å². The fraction of sp³-hybridized carbons (Fsp3) is 0.786. The third kappa shape index (κ3) is 7.55. The van der Waals surface area contributed by atoms with Crippen LogP contribution in [0.5, 0.6) is 0 Å². The zero-order valence-electron chi connectivity index (χ0n) is 14.9. The molecule has 0 aliphatic heterocycles. The van der Waals surface area contributed by atoms with E-state index in [1.807, 2.05) is 13.8 Å². The number of carbonyl (C=O) groups is 1. The lowest BCUT2D eigenvalue weighted by molar-refractivity contribution is -0.145. The van der Waals surface area contributed by atoms with Crippen LogP contribution >= 0.6 is 0 Å². The fourth-order valence-corrected chi connectivity index (χ4v) is 11.6. The van der Waals surface area contributed by atoms with E-state index in [1.54, 1.807) is 0 Å². The first-order valence-corrected chi connectivity index (χ1v) is 14.8. The first kappa shape index (κ1) is 20.8. The van der Waals surface area contributed by atoms with Gasteiger partial charge in [0.15, 0.2) is 0 Å². The van der Waals surface area contributed by atoms with Crippen molar-refractivity contribution >= 4 is 32.6 Å². The van der Waals surface area contributed by atoms with Crippen molar-refractivity contribution in [3.8, 4) is 0 Å². The molecule has 0 aliphatic carbocycles. The molecule has 0 fully saturated rings. The highest BCUT2D eigenvalue weighted by Gasteiger charge is 2.48. The van der Waals surface area contributed by atoms with Gasteiger partial charge in [-0.1, -0.05) is 20.4 Å². The Morgan fingerprint density at radius 3 is 2.24 bits per heavy atom. The summed E-state index contributed by atoms with van der Waals surface area (Å²) in [6, 6.07) is 1.16. The second-order valence-corrected chi connectivity index (χ2v) is 17.2. The summed E-state index contributed by atoms with van der Waals surface area (Å²) >= 11 is 0. The maximum absolute atomic E-state index is 11.5. The second kappa shape index (κ2) is 7.87. The molecule has 0 heterocycles. The molecule has 124 valence electrons. The van der Waals surface area contributed by atoms with Crippen LogP contribution in [-0.4, -0.2) is 37.8 Å². The van der Waals surface area contributed by atoms with E-state index in [9.17, 15) is 4.79 Å². The summed E-state index contributed by atoms with van der Waals surface area (Å²) in [6.45, 7) is 20.0. The predicted octanol–water partition coefficient (Wildman–Crippen LogP) is 3.13. The van der Waals surface area contributed by atoms with Crippen molar-refractivity contribution in [2.24, 2.45) is 5.92 Å². The van der Waals surface area contributed by atoms with E-state index in [1.165, 1.54) is 6.08 Å². The molecule has 0 aromatic rings. The molecule has 0 saturated carbocycles. The van der Waals surface area contributed by atoms with Gasteiger partial charge in [0.1, 0.15) is 15.0 Å². The van der Waals surface area contributed by atoms with Crippen LogP contribution in [0.4, 0.5) is 0 Å². The number of hydrogen-bond donors (Lipinski definition) is 0. The summed E-state index contributed by atoms with van der Waals surface area (Å²) in [7, 11) is -4.97. The zero-order chi connectivity index (χ0) is 16.9. The van der Waals surface area contributed by atoms with Gasteiger partial charge in [-0.3, -0.25) is 0 Å². The molecule has 21 heavy (non-hydrogen) atoms. The Labute approximate surface area is 134 Å². The van der Waals surface area contributed by atoms with Crippen LogP contribution < -0.4 is 0 Å². The second-order valence-electron chi connectivity index (χ2n) is 7.18. The first-order valence-electron chi connectivity index (χ1n) is 7.52. The molecule has 0 saturated heterocycles. The Morgan fingerprint density at radius 2 is 1.81 bits per heavy atom. The van der Waals surface area contributed by atoms with E-state index in [4.69, 9.17) is 13.0 Å². The number of carbonyl (C=O) groups excluding carboxylic acids is 1. The lowest BCUT2D eigenvalue weighted by atomic mass is 10.3. The molecular formula is C14H32O4Si3. The third-order valence-corrected chi connectivity index (χ3v) is 15.6. The van der Waals surface area contributed by atoms with E-state index in [2.05, 4.69) is 46.6 Å². The van der Waals surface area contributed by atoms with Gasteiger partial charge in [-0.2, -0.15) is 0 Å². The smallest absolute Gasteiger partial charge is 0.330 e. The van der Waals surface area contributed by atoms with Gasteiger partial charge in [0.05, 0.1) is 0 Å². The highest BCUT2D eigenvalue weighted by Crippen LogP contribution is 2.29. The minimum Gasteiger partial charge on any atom is -0.457 e. The van der Waals surface area contributed by atoms with Crippen LogP contribution in [0.15, 0.2) is 12.7 Å². The van der Waals surface area contributed by atoms with Crippen LogP contribution in [0.1, 0.15) is 27.7 Å². The summed E-state index contributed by atoms with van der Waals surface area (Å²) in [5.74, 6) is 0.274. The normalized spacial score (nSPS) is 14.0. The molecule has 0 unspecified atom stereocenters. The van der Waals surface area contributed by atoms with Crippen LogP contribution in [-0.2, 0) is 17.8 Å². The van der Waals surface area contributed by atoms with E-state index >= 15 is 0 Å². The van der Waals surface area contributed by atoms with Gasteiger partial charge in [-0.25, -0.2) is 4.79 Å². The van der Waals surface area contributed by atoms with Gasteiger partial charge >= 0.3 is 14.5 Å². The van der Waals surface area contributed by atoms with Crippen molar-refractivity contribution in [3.05, 3.63) is 12.7 Å². The number of rotatable bonds is 9. The van der Waals surface area contributed by atoms with E-state index in [0.29, 0.717) is 5.92 Å². The molecule has 0 rings (SSSR count). The van der Waals surface area contributed by atoms with Gasteiger partial charge < -0.3 is 13.0 Å². The van der Waals surface area contributed by atoms with Crippen molar-refractivity contribution < 1.29 is 17.8 Å². The standard InChI is InChI=1S/C14H32O4Si3/c1-10-13(15)16-14(4,5)20(6,7)18-21(8,9)17-19-11-12(2)3/h10,12H,1,11,19H2,2-9H3. The maximum Gasteiger partial charge on any atom is 0.330 e. The van der Waals surface area contributed by atoms with Gasteiger partial charge in [-0.15, -0.1) is 0 Å². The van der Waals surface area contributed by atoms with Gasteiger partial charge in [-0.05, 0) is 52.0 Å². The van der Waals surface area contributed by atoms with Crippen LogP contribution in [0.25, 0.3) is 0 Å². The summed E-state index contributed by atoms with van der Waals surface area (Å²) in [6.07, 6.45) is 1.20. The predicted molar refractivity (Wildman–Crippen MR) is 95.7 cm³/mol. The van der Waals surface area contributed by atoms with Crippen molar-refractivity contribution in [3.63, 3.8) is 0 Å². The SMILES string of the molecule is C=CC(=O)OC(C)(C)[Si](C)(C)O[Si](C)(C)O[SiH2]CC(C)C. The monoisotopic (exact) mass is 348 g/mol. The van der Waals surface area contributed by atoms with Crippen LogP contribution in [0, 0.1) is 5.92 Å². The number of ether oxygens (including phenoxy) is 1. The van der Waals surface area contributed by atoms with Crippen molar-refractivity contribution in [2.45, 2.75) is 65.2 Å². The van der Waals surface area contributed by atoms with E-state index < -0.39 is 37.8 Å². The largest absolute Gasteiger partial charge is 0.457 e. The lowest BCUT2D eigenvalue weighted by Crippen LogP contribution is -2.60. The lowest BCUT2D eigenvalue weighted by Gasteiger charge is -2.42. The Morgan fingerprint density at radius 1 is 1.29 bits per heavy atom. The number of hydrogen-bond acceptors (Lipinski definition) is 4. The number of esters is 1. The molecule has 0 atom stereocenters. The summed E-state index contributed by atoms with van der Waals surface area (Å²) in [5.41, 5.74) is 0. The molecule has 0 spiro atoms. The summed E-state index contributed by atoms with van der Waals surface area (Å²) in [4.78, 5) is 11.5. The average molecular weight is 349 g/mol. The molecule has 0 aromatic carbocycles. The third-order valence-electron chi connectivity index (χ3n) is 3.62. The molecule has 4 nitrogen and oxygen atoms in total. The Hall–Kier alpha value is -0.219. The van der Waals surface area contributed by atoms with Crippen LogP contribution in [0.3, 0.4) is 0 Å². The van der Waals surface area contributed by atoms with Gasteiger partial charge in [0.2, 0.25) is 8.32 Å². The summed E-state index contributed by atoms with van der Waals surface area (Å²) < 4.78 is 18.0. The molecule has 7 heteroatoms. The minimum atomic E-state index is -2.25. The molecule has 0 aromatic heterocycles.